The molecule has 0 rings (SSSR count). The number of aliphatic hydroxyl groups is 1. The zero-order chi connectivity index (χ0) is 72.7. The Bertz CT molecular complexity index is 1890. The first-order valence-corrected chi connectivity index (χ1v) is 44.6. The smallest absolute Gasteiger partial charge is 0.462 e. The molecule has 0 aliphatic carbocycles. The van der Waals surface area contributed by atoms with Gasteiger partial charge in [0.1, 0.15) is 19.3 Å². The van der Waals surface area contributed by atoms with Crippen LogP contribution in [0.1, 0.15) is 426 Å². The summed E-state index contributed by atoms with van der Waals surface area (Å²) in [4.78, 5) is 72.9. The molecule has 2 unspecified atom stereocenters. The lowest BCUT2D eigenvalue weighted by molar-refractivity contribution is -0.161. The number of rotatable bonds is 80. The van der Waals surface area contributed by atoms with Gasteiger partial charge >= 0.3 is 39.5 Å². The molecular formula is C80H156O17P2. The number of esters is 4. The van der Waals surface area contributed by atoms with E-state index >= 15 is 0 Å². The van der Waals surface area contributed by atoms with Crippen LogP contribution in [0, 0.1) is 5.92 Å². The molecule has 0 radical (unpaired) electrons. The first kappa shape index (κ1) is 97.1. The largest absolute Gasteiger partial charge is 0.472 e. The summed E-state index contributed by atoms with van der Waals surface area (Å²) in [6.07, 6.45) is 64.1. The maximum absolute atomic E-state index is 13.1. The van der Waals surface area contributed by atoms with Crippen LogP contribution in [0.5, 0.6) is 0 Å². The normalized spacial score (nSPS) is 13.9. The van der Waals surface area contributed by atoms with Crippen molar-refractivity contribution in [3.8, 4) is 0 Å². The predicted molar refractivity (Wildman–Crippen MR) is 405 cm³/mol. The molecule has 99 heavy (non-hydrogen) atoms. The lowest BCUT2D eigenvalue weighted by Gasteiger charge is -2.21. The van der Waals surface area contributed by atoms with Crippen molar-refractivity contribution in [3.05, 3.63) is 0 Å². The van der Waals surface area contributed by atoms with Gasteiger partial charge in [-0.25, -0.2) is 9.13 Å². The molecule has 3 N–H and O–H groups in total. The van der Waals surface area contributed by atoms with E-state index in [0.29, 0.717) is 31.6 Å². The highest BCUT2D eigenvalue weighted by Crippen LogP contribution is 2.45. The van der Waals surface area contributed by atoms with Gasteiger partial charge in [0.15, 0.2) is 12.2 Å². The number of unbranched alkanes of at least 4 members (excludes halogenated alkanes) is 52. The zero-order valence-corrected chi connectivity index (χ0v) is 66.4. The van der Waals surface area contributed by atoms with Gasteiger partial charge in [0, 0.05) is 25.7 Å². The Balaban J connectivity index is 5.19. The summed E-state index contributed by atoms with van der Waals surface area (Å²) >= 11 is 0. The van der Waals surface area contributed by atoms with Crippen molar-refractivity contribution in [3.63, 3.8) is 0 Å². The molecule has 0 aromatic carbocycles. The van der Waals surface area contributed by atoms with Gasteiger partial charge in [-0.05, 0) is 31.6 Å². The summed E-state index contributed by atoms with van der Waals surface area (Å²) in [5.41, 5.74) is 0. The topological polar surface area (TPSA) is 237 Å². The molecule has 5 atom stereocenters. The van der Waals surface area contributed by atoms with Crippen LogP contribution in [0.2, 0.25) is 0 Å². The van der Waals surface area contributed by atoms with Crippen LogP contribution < -0.4 is 0 Å². The fourth-order valence-electron chi connectivity index (χ4n) is 12.4. The summed E-state index contributed by atoms with van der Waals surface area (Å²) in [7, 11) is -9.91. The van der Waals surface area contributed by atoms with Crippen molar-refractivity contribution in [1.29, 1.82) is 0 Å². The number of hydrogen-bond donors (Lipinski definition) is 3. The minimum atomic E-state index is -4.96. The number of carbonyl (C=O) groups excluding carboxylic acids is 4. The Hall–Kier alpha value is -1.94. The molecule has 0 heterocycles. The van der Waals surface area contributed by atoms with Crippen LogP contribution in [0.25, 0.3) is 0 Å². The zero-order valence-electron chi connectivity index (χ0n) is 64.6. The molecule has 0 saturated carbocycles. The predicted octanol–water partition coefficient (Wildman–Crippen LogP) is 24.0. The number of phosphoric ester groups is 2. The number of phosphoric acid groups is 2. The summed E-state index contributed by atoms with van der Waals surface area (Å²) in [5.74, 6) is -1.43. The quantitative estimate of drug-likeness (QED) is 0.0222. The third kappa shape index (κ3) is 74.1. The summed E-state index contributed by atoms with van der Waals surface area (Å²) in [5, 5.41) is 10.6. The second-order valence-electron chi connectivity index (χ2n) is 29.3. The van der Waals surface area contributed by atoms with Crippen LogP contribution in [0.15, 0.2) is 0 Å². The van der Waals surface area contributed by atoms with Gasteiger partial charge in [0.25, 0.3) is 0 Å². The monoisotopic (exact) mass is 1450 g/mol. The van der Waals surface area contributed by atoms with E-state index in [4.69, 9.17) is 37.0 Å². The van der Waals surface area contributed by atoms with E-state index in [1.54, 1.807) is 0 Å². The number of ether oxygens (including phenoxy) is 4. The van der Waals surface area contributed by atoms with Gasteiger partial charge in [0.05, 0.1) is 26.4 Å². The van der Waals surface area contributed by atoms with E-state index < -0.39 is 97.5 Å². The Morgan fingerprint density at radius 3 is 0.687 bits per heavy atom. The van der Waals surface area contributed by atoms with E-state index in [9.17, 15) is 43.2 Å². The van der Waals surface area contributed by atoms with Crippen molar-refractivity contribution in [1.82, 2.24) is 0 Å². The molecule has 0 spiro atoms. The third-order valence-corrected chi connectivity index (χ3v) is 20.7. The molecule has 588 valence electrons. The second-order valence-corrected chi connectivity index (χ2v) is 32.2. The highest BCUT2D eigenvalue weighted by molar-refractivity contribution is 7.47. The van der Waals surface area contributed by atoms with Gasteiger partial charge < -0.3 is 33.8 Å². The van der Waals surface area contributed by atoms with E-state index in [2.05, 4.69) is 34.6 Å². The Morgan fingerprint density at radius 1 is 0.273 bits per heavy atom. The van der Waals surface area contributed by atoms with Crippen LogP contribution in [0.4, 0.5) is 0 Å². The molecule has 0 saturated heterocycles. The maximum Gasteiger partial charge on any atom is 0.472 e. The molecule has 0 aromatic rings. The molecule has 0 bridgehead atoms. The summed E-state index contributed by atoms with van der Waals surface area (Å²) in [6.45, 7) is 7.23. The standard InChI is InChI=1S/C80H156O17P2/c1-6-9-12-15-18-21-24-26-28-30-32-34-36-38-40-43-46-49-56-61-66-80(85)96-75(69-90-77(82)63-58-53-47-44-42-39-37-35-33-31-29-27-25-22-19-16-13-10-7-2)71-94-98(86,87)92-67-74(81)68-93-99(88,89)95-72-76(70-91-78(83)64-59-54-51-50-52-57-62-73(4)5)97-79(84)65-60-55-48-45-41-23-20-17-14-11-8-3/h73-76,81H,6-72H2,1-5H3,(H,86,87)(H,88,89)/t74-,75-,76-/m1/s1. The lowest BCUT2D eigenvalue weighted by Crippen LogP contribution is -2.30. The van der Waals surface area contributed by atoms with E-state index in [0.717, 1.165) is 96.3 Å². The first-order valence-electron chi connectivity index (χ1n) is 41.6. The molecule has 0 aliphatic heterocycles. The van der Waals surface area contributed by atoms with Crippen molar-refractivity contribution < 1.29 is 80.2 Å². The Kier molecular flexibility index (Phi) is 71.6. The van der Waals surface area contributed by atoms with Gasteiger partial charge in [-0.3, -0.25) is 37.3 Å². The van der Waals surface area contributed by atoms with Crippen LogP contribution in [0.3, 0.4) is 0 Å². The first-order chi connectivity index (χ1) is 48.0. The van der Waals surface area contributed by atoms with Crippen LogP contribution in [-0.2, 0) is 65.4 Å². The van der Waals surface area contributed by atoms with Gasteiger partial charge in [-0.15, -0.1) is 0 Å². The highest BCUT2D eigenvalue weighted by atomic mass is 31.2. The number of aliphatic hydroxyl groups excluding tert-OH is 1. The third-order valence-electron chi connectivity index (χ3n) is 18.8. The fourth-order valence-corrected chi connectivity index (χ4v) is 14.0. The van der Waals surface area contributed by atoms with Crippen LogP contribution in [-0.4, -0.2) is 96.7 Å². The molecular weight excluding hydrogens is 1290 g/mol. The second kappa shape index (κ2) is 73.0. The van der Waals surface area contributed by atoms with E-state index in [1.807, 2.05) is 0 Å². The average molecular weight is 1450 g/mol. The van der Waals surface area contributed by atoms with Crippen molar-refractivity contribution in [2.75, 3.05) is 39.6 Å². The van der Waals surface area contributed by atoms with Gasteiger partial charge in [-0.1, -0.05) is 375 Å². The molecule has 0 aromatic heterocycles. The highest BCUT2D eigenvalue weighted by Gasteiger charge is 2.30. The van der Waals surface area contributed by atoms with Gasteiger partial charge in [-0.2, -0.15) is 0 Å². The average Bonchev–Trinajstić information content (AvgIpc) is 1.00. The van der Waals surface area contributed by atoms with E-state index in [-0.39, 0.29) is 25.7 Å². The Labute approximate surface area is 607 Å². The minimum absolute atomic E-state index is 0.106. The summed E-state index contributed by atoms with van der Waals surface area (Å²) < 4.78 is 68.6. The van der Waals surface area contributed by atoms with Crippen molar-refractivity contribution >= 4 is 39.5 Å². The number of carbonyl (C=O) groups is 4. The van der Waals surface area contributed by atoms with Crippen LogP contribution >= 0.6 is 15.6 Å². The molecule has 0 amide bonds. The summed E-state index contributed by atoms with van der Waals surface area (Å²) in [6, 6.07) is 0. The molecule has 19 heteroatoms. The maximum atomic E-state index is 13.1. The molecule has 0 aliphatic rings. The number of hydrogen-bond acceptors (Lipinski definition) is 15. The van der Waals surface area contributed by atoms with Crippen molar-refractivity contribution in [2.24, 2.45) is 5.92 Å². The molecule has 0 fully saturated rings. The Morgan fingerprint density at radius 2 is 0.465 bits per heavy atom. The fraction of sp³-hybridized carbons (Fsp3) is 0.950. The lowest BCUT2D eigenvalue weighted by atomic mass is 10.0. The van der Waals surface area contributed by atoms with Gasteiger partial charge in [0.2, 0.25) is 0 Å². The van der Waals surface area contributed by atoms with Crippen molar-refractivity contribution in [2.45, 2.75) is 445 Å². The minimum Gasteiger partial charge on any atom is -0.462 e. The van der Waals surface area contributed by atoms with E-state index in [1.165, 1.54) is 244 Å². The SMILES string of the molecule is CCCCCCCCCCCCCCCCCCCCCCC(=O)O[C@H](COC(=O)CCCCCCCCCCCCCCCCCCCCC)COP(=O)(O)OC[C@@H](O)COP(=O)(O)OC[C@@H](COC(=O)CCCCCCCCC(C)C)OC(=O)CCCCCCCCCCCCC. The molecule has 17 nitrogen and oxygen atoms in total.